The molecule has 2 aliphatic rings. The molecular formula is C26H34N6O3. The second kappa shape index (κ2) is 10.2. The van der Waals surface area contributed by atoms with Crippen molar-refractivity contribution in [3.63, 3.8) is 0 Å². The number of aromatic amines is 1. The Balaban J connectivity index is 1.16. The van der Waals surface area contributed by atoms with Crippen LogP contribution in [-0.4, -0.2) is 49.9 Å². The zero-order chi connectivity index (χ0) is 24.3. The lowest BCUT2D eigenvalue weighted by atomic mass is 9.89. The summed E-state index contributed by atoms with van der Waals surface area (Å²) < 4.78 is 5.52. The highest BCUT2D eigenvalue weighted by Gasteiger charge is 2.38. The van der Waals surface area contributed by atoms with Gasteiger partial charge in [0.05, 0.1) is 0 Å². The van der Waals surface area contributed by atoms with Crippen molar-refractivity contribution in [2.24, 2.45) is 0 Å². The van der Waals surface area contributed by atoms with Gasteiger partial charge in [-0.3, -0.25) is 9.59 Å². The van der Waals surface area contributed by atoms with Crippen LogP contribution in [0.25, 0.3) is 11.0 Å². The van der Waals surface area contributed by atoms with Gasteiger partial charge in [-0.1, -0.05) is 30.8 Å². The third kappa shape index (κ3) is 5.09. The average Bonchev–Trinajstić information content (AvgIpc) is 3.46. The molecule has 2 N–H and O–H groups in total. The molecule has 186 valence electrons. The minimum atomic E-state index is -0.562. The molecule has 0 aromatic carbocycles. The van der Waals surface area contributed by atoms with E-state index < -0.39 is 5.54 Å². The monoisotopic (exact) mass is 478 g/mol. The molecule has 0 radical (unpaired) electrons. The lowest BCUT2D eigenvalue weighted by Crippen LogP contribution is -2.45. The molecule has 2 fully saturated rings. The minimum Gasteiger partial charge on any atom is -0.346 e. The number of aryl methyl sites for hydroxylation is 1. The van der Waals surface area contributed by atoms with Gasteiger partial charge in [0.25, 0.3) is 0 Å². The van der Waals surface area contributed by atoms with Crippen molar-refractivity contribution in [1.82, 2.24) is 30.3 Å². The first kappa shape index (κ1) is 23.5. The summed E-state index contributed by atoms with van der Waals surface area (Å²) in [5.74, 6) is 1.48. The SMILES string of the molecule is CC(=O)NC1(c2noc(CCC(=O)N3CCC(c4c[nH]c5ncccc45)CC3)n2)CCCCCC1. The van der Waals surface area contributed by atoms with E-state index in [1.54, 1.807) is 6.20 Å². The van der Waals surface area contributed by atoms with Crippen LogP contribution < -0.4 is 5.32 Å². The topological polar surface area (TPSA) is 117 Å². The van der Waals surface area contributed by atoms with Crippen LogP contribution in [0.5, 0.6) is 0 Å². The van der Waals surface area contributed by atoms with Gasteiger partial charge in [0, 0.05) is 50.6 Å². The number of piperidine rings is 1. The highest BCUT2D eigenvalue weighted by molar-refractivity contribution is 5.80. The first-order chi connectivity index (χ1) is 17.0. The van der Waals surface area contributed by atoms with Crippen LogP contribution in [-0.2, 0) is 21.5 Å². The second-order valence-corrected chi connectivity index (χ2v) is 9.99. The van der Waals surface area contributed by atoms with Crippen molar-refractivity contribution in [2.45, 2.75) is 82.6 Å². The maximum absolute atomic E-state index is 12.9. The highest BCUT2D eigenvalue weighted by atomic mass is 16.5. The Morgan fingerprint density at radius 3 is 2.71 bits per heavy atom. The first-order valence-electron chi connectivity index (χ1n) is 12.9. The van der Waals surface area contributed by atoms with Crippen LogP contribution in [0.15, 0.2) is 29.0 Å². The van der Waals surface area contributed by atoms with E-state index in [0.717, 1.165) is 70.1 Å². The molecule has 0 spiro atoms. The number of carbonyl (C=O) groups is 2. The van der Waals surface area contributed by atoms with E-state index in [1.807, 2.05) is 11.0 Å². The van der Waals surface area contributed by atoms with Crippen molar-refractivity contribution in [3.05, 3.63) is 41.8 Å². The highest BCUT2D eigenvalue weighted by Crippen LogP contribution is 2.35. The minimum absolute atomic E-state index is 0.0827. The van der Waals surface area contributed by atoms with Crippen molar-refractivity contribution in [1.29, 1.82) is 0 Å². The van der Waals surface area contributed by atoms with Gasteiger partial charge in [-0.05, 0) is 49.3 Å². The summed E-state index contributed by atoms with van der Waals surface area (Å²) in [6.07, 6.45) is 12.5. The third-order valence-corrected chi connectivity index (χ3v) is 7.59. The van der Waals surface area contributed by atoms with Gasteiger partial charge in [-0.2, -0.15) is 4.98 Å². The lowest BCUT2D eigenvalue weighted by Gasteiger charge is -2.32. The Labute approximate surface area is 205 Å². The smallest absolute Gasteiger partial charge is 0.227 e. The van der Waals surface area contributed by atoms with Crippen LogP contribution in [0.4, 0.5) is 0 Å². The normalized spacial score (nSPS) is 18.9. The van der Waals surface area contributed by atoms with Gasteiger partial charge in [0.1, 0.15) is 11.2 Å². The molecule has 1 saturated carbocycles. The predicted octanol–water partition coefficient (Wildman–Crippen LogP) is 3.97. The zero-order valence-corrected chi connectivity index (χ0v) is 20.4. The quantitative estimate of drug-likeness (QED) is 0.518. The summed E-state index contributed by atoms with van der Waals surface area (Å²) in [4.78, 5) is 39.0. The van der Waals surface area contributed by atoms with E-state index in [9.17, 15) is 9.59 Å². The number of nitrogens with zero attached hydrogens (tertiary/aromatic N) is 4. The number of aromatic nitrogens is 4. The molecule has 1 aliphatic heterocycles. The number of rotatable bonds is 6. The van der Waals surface area contributed by atoms with E-state index in [2.05, 4.69) is 37.7 Å². The average molecular weight is 479 g/mol. The molecule has 0 bridgehead atoms. The molecule has 9 heteroatoms. The third-order valence-electron chi connectivity index (χ3n) is 7.59. The maximum atomic E-state index is 12.9. The van der Waals surface area contributed by atoms with Crippen molar-refractivity contribution in [3.8, 4) is 0 Å². The Morgan fingerprint density at radius 2 is 1.97 bits per heavy atom. The Morgan fingerprint density at radius 1 is 1.20 bits per heavy atom. The lowest BCUT2D eigenvalue weighted by molar-refractivity contribution is -0.132. The number of fused-ring (bicyclic) bond motifs is 1. The van der Waals surface area contributed by atoms with E-state index in [-0.39, 0.29) is 11.8 Å². The fraction of sp³-hybridized carbons (Fsp3) is 0.577. The van der Waals surface area contributed by atoms with Gasteiger partial charge in [0.2, 0.25) is 17.7 Å². The number of likely N-dealkylation sites (tertiary alicyclic amines) is 1. The second-order valence-electron chi connectivity index (χ2n) is 9.99. The van der Waals surface area contributed by atoms with E-state index in [0.29, 0.717) is 30.5 Å². The molecule has 2 amide bonds. The fourth-order valence-electron chi connectivity index (χ4n) is 5.75. The van der Waals surface area contributed by atoms with Gasteiger partial charge in [-0.25, -0.2) is 4.98 Å². The van der Waals surface area contributed by atoms with Gasteiger partial charge < -0.3 is 19.7 Å². The molecule has 1 saturated heterocycles. The Kier molecular flexibility index (Phi) is 6.83. The summed E-state index contributed by atoms with van der Waals surface area (Å²) in [7, 11) is 0. The summed E-state index contributed by atoms with van der Waals surface area (Å²) in [5.41, 5.74) is 1.66. The Hall–Kier alpha value is -3.23. The predicted molar refractivity (Wildman–Crippen MR) is 130 cm³/mol. The molecule has 35 heavy (non-hydrogen) atoms. The number of hydrogen-bond donors (Lipinski definition) is 2. The van der Waals surface area contributed by atoms with Crippen molar-refractivity contribution in [2.75, 3.05) is 13.1 Å². The van der Waals surface area contributed by atoms with Crippen LogP contribution in [0, 0.1) is 0 Å². The molecule has 0 atom stereocenters. The number of hydrogen-bond acceptors (Lipinski definition) is 6. The van der Waals surface area contributed by atoms with Crippen LogP contribution >= 0.6 is 0 Å². The maximum Gasteiger partial charge on any atom is 0.227 e. The largest absolute Gasteiger partial charge is 0.346 e. The molecule has 3 aromatic rings. The van der Waals surface area contributed by atoms with E-state index in [4.69, 9.17) is 4.52 Å². The fourth-order valence-corrected chi connectivity index (χ4v) is 5.75. The van der Waals surface area contributed by atoms with Crippen molar-refractivity contribution >= 4 is 22.8 Å². The number of amides is 2. The number of pyridine rings is 1. The molecule has 5 rings (SSSR count). The summed E-state index contributed by atoms with van der Waals surface area (Å²) in [6.45, 7) is 3.03. The Bertz CT molecular complexity index is 1170. The molecular weight excluding hydrogens is 444 g/mol. The standard InChI is InChI=1S/C26H34N6O3/c1-18(33)30-26(12-4-2-3-5-13-26)25-29-22(35-31-25)8-9-23(34)32-15-10-19(11-16-32)21-17-28-24-20(21)7-6-14-27-24/h6-7,14,17,19H,2-5,8-13,15-16H2,1H3,(H,27,28)(H,30,33). The van der Waals surface area contributed by atoms with E-state index in [1.165, 1.54) is 17.9 Å². The zero-order valence-electron chi connectivity index (χ0n) is 20.4. The van der Waals surface area contributed by atoms with Crippen LogP contribution in [0.2, 0.25) is 0 Å². The molecule has 9 nitrogen and oxygen atoms in total. The molecule has 3 aromatic heterocycles. The summed E-state index contributed by atoms with van der Waals surface area (Å²) in [6, 6.07) is 4.07. The molecule has 4 heterocycles. The number of carbonyl (C=O) groups excluding carboxylic acids is 2. The van der Waals surface area contributed by atoms with Gasteiger partial charge in [-0.15, -0.1) is 0 Å². The number of H-pyrrole nitrogens is 1. The van der Waals surface area contributed by atoms with E-state index >= 15 is 0 Å². The van der Waals surface area contributed by atoms with Gasteiger partial charge in [0.15, 0.2) is 5.82 Å². The van der Waals surface area contributed by atoms with Gasteiger partial charge >= 0.3 is 0 Å². The van der Waals surface area contributed by atoms with Crippen LogP contribution in [0.1, 0.15) is 87.9 Å². The number of nitrogens with one attached hydrogen (secondary N) is 2. The first-order valence-corrected chi connectivity index (χ1v) is 12.9. The summed E-state index contributed by atoms with van der Waals surface area (Å²) >= 11 is 0. The molecule has 0 unspecified atom stereocenters. The summed E-state index contributed by atoms with van der Waals surface area (Å²) in [5, 5.41) is 8.51. The molecule has 1 aliphatic carbocycles. The van der Waals surface area contributed by atoms with Crippen molar-refractivity contribution < 1.29 is 14.1 Å². The van der Waals surface area contributed by atoms with Crippen LogP contribution in [0.3, 0.4) is 0 Å².